The van der Waals surface area contributed by atoms with Gasteiger partial charge in [0.15, 0.2) is 0 Å². The zero-order valence-corrected chi connectivity index (χ0v) is 22.9. The Labute approximate surface area is 229 Å². The molecule has 0 bridgehead atoms. The number of carbonyl (C=O) groups is 1. The first-order valence-electron chi connectivity index (χ1n) is 13.3. The van der Waals surface area contributed by atoms with Gasteiger partial charge in [0, 0.05) is 37.8 Å². The molecular weight excluding hydrogens is 500 g/mol. The lowest BCUT2D eigenvalue weighted by Gasteiger charge is -2.25. The third-order valence-electron chi connectivity index (χ3n) is 6.57. The van der Waals surface area contributed by atoms with Crippen LogP contribution >= 0.6 is 0 Å². The van der Waals surface area contributed by atoms with Gasteiger partial charge in [-0.3, -0.25) is 9.69 Å². The van der Waals surface area contributed by atoms with Crippen LogP contribution in [0.15, 0.2) is 60.7 Å². The van der Waals surface area contributed by atoms with Gasteiger partial charge in [-0.15, -0.1) is 0 Å². The van der Waals surface area contributed by atoms with Gasteiger partial charge in [-0.05, 0) is 73.3 Å². The van der Waals surface area contributed by atoms with Gasteiger partial charge >= 0.3 is 0 Å². The van der Waals surface area contributed by atoms with Crippen molar-refractivity contribution in [3.05, 3.63) is 106 Å². The molecule has 2 atom stereocenters. The molecule has 0 aliphatic heterocycles. The lowest BCUT2D eigenvalue weighted by atomic mass is 9.99. The quantitative estimate of drug-likeness (QED) is 0.251. The predicted octanol–water partition coefficient (Wildman–Crippen LogP) is 3.75. The molecule has 3 rings (SSSR count). The molecule has 210 valence electrons. The highest BCUT2D eigenvalue weighted by Gasteiger charge is 2.23. The van der Waals surface area contributed by atoms with Gasteiger partial charge in [0.2, 0.25) is 0 Å². The number of aliphatic hydroxyl groups excluding tert-OH is 2. The van der Waals surface area contributed by atoms with Crippen LogP contribution in [0.5, 0.6) is 0 Å². The van der Waals surface area contributed by atoms with Crippen LogP contribution < -0.4 is 10.6 Å². The molecule has 0 saturated carbocycles. The summed E-state index contributed by atoms with van der Waals surface area (Å²) in [5, 5.41) is 26.4. The van der Waals surface area contributed by atoms with Crippen LogP contribution in [0.4, 0.5) is 8.78 Å². The molecular formula is C31H39F2N3O3. The molecule has 0 fully saturated rings. The molecule has 0 aliphatic carbocycles. The van der Waals surface area contributed by atoms with E-state index in [2.05, 4.69) is 29.7 Å². The Kier molecular flexibility index (Phi) is 11.6. The zero-order chi connectivity index (χ0) is 28.4. The molecule has 0 saturated heterocycles. The van der Waals surface area contributed by atoms with E-state index in [9.17, 15) is 23.8 Å². The topological polar surface area (TPSA) is 84.8 Å². The van der Waals surface area contributed by atoms with Crippen LogP contribution in [0.3, 0.4) is 0 Å². The largest absolute Gasteiger partial charge is 0.395 e. The number of nitrogens with one attached hydrogen (secondary N) is 2. The molecule has 3 aromatic carbocycles. The van der Waals surface area contributed by atoms with E-state index in [4.69, 9.17) is 0 Å². The lowest BCUT2D eigenvalue weighted by molar-refractivity contribution is 0.0829. The second-order valence-electron chi connectivity index (χ2n) is 10.1. The SMILES string of the molecule is CCc1cccc(CNC[C@H](O)[C@H](Cc2cc(F)cc(F)c2)NC(=O)c2cc(C)cc(CN(C)CCO)c2)c1. The number of rotatable bonds is 14. The maximum absolute atomic E-state index is 13.9. The Morgan fingerprint density at radius 2 is 1.69 bits per heavy atom. The first-order chi connectivity index (χ1) is 18.7. The number of benzene rings is 3. The first kappa shape index (κ1) is 30.4. The summed E-state index contributed by atoms with van der Waals surface area (Å²) in [5.74, 6) is -1.82. The number of likely N-dealkylation sites (N-methyl/N-ethyl adjacent to an activating group) is 1. The van der Waals surface area contributed by atoms with Crippen LogP contribution in [-0.4, -0.2) is 59.9 Å². The smallest absolute Gasteiger partial charge is 0.251 e. The highest BCUT2D eigenvalue weighted by Crippen LogP contribution is 2.15. The van der Waals surface area contributed by atoms with Crippen molar-refractivity contribution in [2.75, 3.05) is 26.7 Å². The summed E-state index contributed by atoms with van der Waals surface area (Å²) in [7, 11) is 1.88. The average molecular weight is 540 g/mol. The average Bonchev–Trinajstić information content (AvgIpc) is 2.87. The van der Waals surface area contributed by atoms with Crippen LogP contribution in [0.1, 0.15) is 45.1 Å². The van der Waals surface area contributed by atoms with Crippen LogP contribution in [-0.2, 0) is 25.9 Å². The summed E-state index contributed by atoms with van der Waals surface area (Å²) in [5.41, 5.74) is 4.87. The molecule has 0 unspecified atom stereocenters. The van der Waals surface area contributed by atoms with Crippen molar-refractivity contribution < 1.29 is 23.8 Å². The first-order valence-corrected chi connectivity index (χ1v) is 13.3. The van der Waals surface area contributed by atoms with Gasteiger partial charge < -0.3 is 20.8 Å². The van der Waals surface area contributed by atoms with Crippen molar-refractivity contribution in [1.29, 1.82) is 0 Å². The molecule has 6 nitrogen and oxygen atoms in total. The normalized spacial score (nSPS) is 12.9. The van der Waals surface area contributed by atoms with Crippen molar-refractivity contribution in [1.82, 2.24) is 15.5 Å². The molecule has 3 aromatic rings. The van der Waals surface area contributed by atoms with E-state index in [1.165, 1.54) is 17.7 Å². The van der Waals surface area contributed by atoms with Gasteiger partial charge in [0.25, 0.3) is 5.91 Å². The van der Waals surface area contributed by atoms with E-state index in [1.54, 1.807) is 12.1 Å². The molecule has 8 heteroatoms. The van der Waals surface area contributed by atoms with Gasteiger partial charge in [-0.1, -0.05) is 42.8 Å². The van der Waals surface area contributed by atoms with Gasteiger partial charge in [0.05, 0.1) is 18.8 Å². The van der Waals surface area contributed by atoms with Crippen molar-refractivity contribution in [2.45, 2.75) is 51.9 Å². The minimum Gasteiger partial charge on any atom is -0.395 e. The maximum Gasteiger partial charge on any atom is 0.251 e. The van der Waals surface area contributed by atoms with Gasteiger partial charge in [0.1, 0.15) is 11.6 Å². The van der Waals surface area contributed by atoms with Crippen LogP contribution in [0.2, 0.25) is 0 Å². The second kappa shape index (κ2) is 14.8. The minimum absolute atomic E-state index is 0.0357. The standard InChI is InChI=1S/C31H39F2N3O3/c1-4-22-6-5-7-23(12-22)18-34-19-30(38)29(16-24-14-27(32)17-28(33)15-24)35-31(39)26-11-21(2)10-25(13-26)20-36(3)8-9-37/h5-7,10-15,17,29-30,34,37-38H,4,8-9,16,18-20H2,1-3H3,(H,35,39)/t29-,30-/m0/s1. The zero-order valence-electron chi connectivity index (χ0n) is 22.9. The number of amides is 1. The summed E-state index contributed by atoms with van der Waals surface area (Å²) >= 11 is 0. The number of hydrogen-bond acceptors (Lipinski definition) is 5. The highest BCUT2D eigenvalue weighted by atomic mass is 19.1. The van der Waals surface area contributed by atoms with E-state index in [0.29, 0.717) is 30.8 Å². The number of carbonyl (C=O) groups excluding carboxylic acids is 1. The third-order valence-corrected chi connectivity index (χ3v) is 6.57. The number of nitrogens with zero attached hydrogens (tertiary/aromatic N) is 1. The van der Waals surface area contributed by atoms with Crippen molar-refractivity contribution >= 4 is 5.91 Å². The van der Waals surface area contributed by atoms with E-state index in [1.807, 2.05) is 37.1 Å². The molecule has 0 aliphatic rings. The van der Waals surface area contributed by atoms with E-state index >= 15 is 0 Å². The van der Waals surface area contributed by atoms with Crippen molar-refractivity contribution in [2.24, 2.45) is 0 Å². The van der Waals surface area contributed by atoms with E-state index in [-0.39, 0.29) is 25.5 Å². The Morgan fingerprint density at radius 3 is 2.38 bits per heavy atom. The summed E-state index contributed by atoms with van der Waals surface area (Å²) in [6.45, 7) is 5.78. The van der Waals surface area contributed by atoms with Gasteiger partial charge in [-0.2, -0.15) is 0 Å². The fourth-order valence-electron chi connectivity index (χ4n) is 4.63. The highest BCUT2D eigenvalue weighted by molar-refractivity contribution is 5.94. The number of halogens is 2. The summed E-state index contributed by atoms with van der Waals surface area (Å²) in [6, 6.07) is 16.1. The number of aryl methyl sites for hydroxylation is 2. The Balaban J connectivity index is 1.75. The van der Waals surface area contributed by atoms with E-state index < -0.39 is 23.8 Å². The fraction of sp³-hybridized carbons (Fsp3) is 0.387. The van der Waals surface area contributed by atoms with Crippen LogP contribution in [0.25, 0.3) is 0 Å². The van der Waals surface area contributed by atoms with Gasteiger partial charge in [-0.25, -0.2) is 8.78 Å². The monoisotopic (exact) mass is 539 g/mol. The Morgan fingerprint density at radius 1 is 0.974 bits per heavy atom. The predicted molar refractivity (Wildman–Crippen MR) is 149 cm³/mol. The summed E-state index contributed by atoms with van der Waals surface area (Å²) in [6.07, 6.45) is -0.0470. The maximum atomic E-state index is 13.9. The minimum atomic E-state index is -1.02. The lowest BCUT2D eigenvalue weighted by Crippen LogP contribution is -2.48. The van der Waals surface area contributed by atoms with E-state index in [0.717, 1.165) is 29.2 Å². The molecule has 0 aromatic heterocycles. The summed E-state index contributed by atoms with van der Waals surface area (Å²) in [4.78, 5) is 15.3. The van der Waals surface area contributed by atoms with Crippen LogP contribution in [0, 0.1) is 18.6 Å². The fourth-order valence-corrected chi connectivity index (χ4v) is 4.63. The Hall–Kier alpha value is -3.17. The molecule has 0 radical (unpaired) electrons. The summed E-state index contributed by atoms with van der Waals surface area (Å²) < 4.78 is 27.8. The third kappa shape index (κ3) is 9.82. The molecule has 0 heterocycles. The van der Waals surface area contributed by atoms with Crippen molar-refractivity contribution in [3.8, 4) is 0 Å². The molecule has 1 amide bonds. The molecule has 0 spiro atoms. The number of aliphatic hydroxyl groups is 2. The molecule has 39 heavy (non-hydrogen) atoms. The second-order valence-corrected chi connectivity index (χ2v) is 10.1. The number of hydrogen-bond donors (Lipinski definition) is 4. The Bertz CT molecular complexity index is 1220. The van der Waals surface area contributed by atoms with Crippen molar-refractivity contribution in [3.63, 3.8) is 0 Å². The molecule has 4 N–H and O–H groups in total.